The number of H-pyrrole nitrogens is 1. The average molecular weight is 373 g/mol. The molecule has 0 bridgehead atoms. The molecule has 3 heterocycles. The van der Waals surface area contributed by atoms with Gasteiger partial charge in [-0.2, -0.15) is 0 Å². The second-order valence-corrected chi connectivity index (χ2v) is 6.85. The van der Waals surface area contributed by atoms with Crippen LogP contribution in [0.3, 0.4) is 0 Å². The van der Waals surface area contributed by atoms with Gasteiger partial charge in [0.2, 0.25) is 0 Å². The van der Waals surface area contributed by atoms with Gasteiger partial charge in [-0.05, 0) is 36.4 Å². The van der Waals surface area contributed by atoms with E-state index in [0.29, 0.717) is 0 Å². The number of hydrogen-bond donors (Lipinski definition) is 1. The van der Waals surface area contributed by atoms with E-state index in [1.54, 1.807) is 0 Å². The highest BCUT2D eigenvalue weighted by Crippen LogP contribution is 2.16. The Kier molecular flexibility index (Phi) is 4.47. The van der Waals surface area contributed by atoms with Crippen molar-refractivity contribution in [2.45, 2.75) is 0 Å². The SMILES string of the molecule is C(c1ccccn1)=c1[nH]c(=Cc2cccc(-c3ccccc3)n2)c2ccccc12. The van der Waals surface area contributed by atoms with Gasteiger partial charge in [-0.25, -0.2) is 4.98 Å². The minimum absolute atomic E-state index is 0.919. The van der Waals surface area contributed by atoms with Crippen LogP contribution < -0.4 is 10.7 Å². The van der Waals surface area contributed by atoms with Gasteiger partial charge in [0.05, 0.1) is 17.1 Å². The van der Waals surface area contributed by atoms with Crippen molar-refractivity contribution >= 4 is 22.9 Å². The largest absolute Gasteiger partial charge is 0.354 e. The van der Waals surface area contributed by atoms with Gasteiger partial charge in [0.15, 0.2) is 0 Å². The predicted octanol–water partition coefficient (Wildman–Crippen LogP) is 4.28. The lowest BCUT2D eigenvalue weighted by Crippen LogP contribution is -2.10. The monoisotopic (exact) mass is 373 g/mol. The maximum atomic E-state index is 4.84. The summed E-state index contributed by atoms with van der Waals surface area (Å²) in [6.07, 6.45) is 5.99. The standard InChI is InChI=1S/C26H19N3/c1-2-9-19(10-3-1)24-15-8-12-21(28-24)18-26-23-14-5-4-13-22(23)25(29-26)17-20-11-6-7-16-27-20/h1-18,29H. The summed E-state index contributed by atoms with van der Waals surface area (Å²) in [7, 11) is 0. The Bertz CT molecular complexity index is 1380. The van der Waals surface area contributed by atoms with Crippen LogP contribution in [-0.2, 0) is 0 Å². The molecule has 0 fully saturated rings. The third kappa shape index (κ3) is 3.58. The second kappa shape index (κ2) is 7.56. The maximum Gasteiger partial charge on any atom is 0.0709 e. The minimum atomic E-state index is 0.919. The summed E-state index contributed by atoms with van der Waals surface area (Å²) in [5.74, 6) is 0. The lowest BCUT2D eigenvalue weighted by Gasteiger charge is -2.01. The lowest BCUT2D eigenvalue weighted by molar-refractivity contribution is 1.24. The van der Waals surface area contributed by atoms with Crippen molar-refractivity contribution in [3.05, 3.63) is 119 Å². The number of pyridine rings is 2. The van der Waals surface area contributed by atoms with Crippen LogP contribution in [0.25, 0.3) is 34.2 Å². The fourth-order valence-electron chi connectivity index (χ4n) is 3.52. The van der Waals surface area contributed by atoms with Crippen LogP contribution in [0.2, 0.25) is 0 Å². The first-order valence-corrected chi connectivity index (χ1v) is 9.60. The fourth-order valence-corrected chi connectivity index (χ4v) is 3.52. The first-order valence-electron chi connectivity index (χ1n) is 9.60. The van der Waals surface area contributed by atoms with E-state index in [2.05, 4.69) is 58.5 Å². The van der Waals surface area contributed by atoms with Gasteiger partial charge in [0.1, 0.15) is 0 Å². The molecule has 3 aromatic heterocycles. The third-order valence-corrected chi connectivity index (χ3v) is 4.89. The van der Waals surface area contributed by atoms with Crippen molar-refractivity contribution in [2.75, 3.05) is 0 Å². The minimum Gasteiger partial charge on any atom is -0.354 e. The zero-order valence-corrected chi connectivity index (χ0v) is 15.8. The van der Waals surface area contributed by atoms with Gasteiger partial charge in [-0.3, -0.25) is 4.98 Å². The summed E-state index contributed by atoms with van der Waals surface area (Å²) in [4.78, 5) is 12.8. The van der Waals surface area contributed by atoms with Crippen LogP contribution in [-0.4, -0.2) is 15.0 Å². The van der Waals surface area contributed by atoms with E-state index in [1.165, 1.54) is 10.8 Å². The zero-order valence-electron chi connectivity index (χ0n) is 15.8. The molecule has 3 nitrogen and oxygen atoms in total. The molecule has 0 aliphatic heterocycles. The summed E-state index contributed by atoms with van der Waals surface area (Å²) in [6.45, 7) is 0. The van der Waals surface area contributed by atoms with Gasteiger partial charge in [-0.15, -0.1) is 0 Å². The first kappa shape index (κ1) is 17.1. The third-order valence-electron chi connectivity index (χ3n) is 4.89. The Hall–Kier alpha value is -3.98. The Morgan fingerprint density at radius 3 is 1.97 bits per heavy atom. The van der Waals surface area contributed by atoms with Crippen LogP contribution in [0.15, 0.2) is 97.2 Å². The molecule has 2 aromatic carbocycles. The van der Waals surface area contributed by atoms with Gasteiger partial charge < -0.3 is 4.98 Å². The van der Waals surface area contributed by atoms with Crippen LogP contribution in [0, 0.1) is 0 Å². The molecule has 0 saturated heterocycles. The molecule has 3 heteroatoms. The molecule has 1 N–H and O–H groups in total. The number of aromatic amines is 1. The first-order chi connectivity index (χ1) is 14.4. The zero-order chi connectivity index (χ0) is 19.5. The average Bonchev–Trinajstić information content (AvgIpc) is 3.12. The maximum absolute atomic E-state index is 4.84. The second-order valence-electron chi connectivity index (χ2n) is 6.85. The number of rotatable bonds is 3. The van der Waals surface area contributed by atoms with Gasteiger partial charge >= 0.3 is 0 Å². The van der Waals surface area contributed by atoms with Gasteiger partial charge in [0.25, 0.3) is 0 Å². The molecule has 0 aliphatic rings. The van der Waals surface area contributed by atoms with E-state index in [1.807, 2.05) is 60.8 Å². The molecule has 0 aliphatic carbocycles. The number of nitrogens with one attached hydrogen (secondary N) is 1. The van der Waals surface area contributed by atoms with E-state index in [9.17, 15) is 0 Å². The van der Waals surface area contributed by atoms with Gasteiger partial charge in [0, 0.05) is 33.2 Å². The molecule has 0 atom stereocenters. The molecule has 5 rings (SSSR count). The molecule has 138 valence electrons. The number of hydrogen-bond acceptors (Lipinski definition) is 2. The number of nitrogens with zero attached hydrogens (tertiary/aromatic N) is 2. The van der Waals surface area contributed by atoms with E-state index in [0.717, 1.165) is 33.3 Å². The highest BCUT2D eigenvalue weighted by molar-refractivity contribution is 5.85. The van der Waals surface area contributed by atoms with Crippen LogP contribution in [0.1, 0.15) is 11.4 Å². The van der Waals surface area contributed by atoms with Crippen LogP contribution in [0.4, 0.5) is 0 Å². The topological polar surface area (TPSA) is 41.6 Å². The molecular formula is C26H19N3. The van der Waals surface area contributed by atoms with Crippen molar-refractivity contribution in [1.29, 1.82) is 0 Å². The Morgan fingerprint density at radius 2 is 1.24 bits per heavy atom. The number of aromatic nitrogens is 3. The molecule has 0 amide bonds. The van der Waals surface area contributed by atoms with Crippen LogP contribution in [0.5, 0.6) is 0 Å². The molecule has 5 aromatic rings. The fraction of sp³-hybridized carbons (Fsp3) is 0. The molecule has 0 spiro atoms. The lowest BCUT2D eigenvalue weighted by atomic mass is 10.1. The number of benzene rings is 2. The molecule has 0 saturated carbocycles. The smallest absolute Gasteiger partial charge is 0.0709 e. The van der Waals surface area contributed by atoms with E-state index >= 15 is 0 Å². The summed E-state index contributed by atoms with van der Waals surface area (Å²) >= 11 is 0. The highest BCUT2D eigenvalue weighted by Gasteiger charge is 2.03. The van der Waals surface area contributed by atoms with Crippen molar-refractivity contribution < 1.29 is 0 Å². The Morgan fingerprint density at radius 1 is 0.586 bits per heavy atom. The summed E-state index contributed by atoms with van der Waals surface area (Å²) in [5.41, 5.74) is 3.93. The molecular weight excluding hydrogens is 354 g/mol. The summed E-state index contributed by atoms with van der Waals surface area (Å²) in [6, 6.07) is 30.7. The van der Waals surface area contributed by atoms with E-state index < -0.39 is 0 Å². The Labute approximate surface area is 168 Å². The quantitative estimate of drug-likeness (QED) is 0.513. The number of fused-ring (bicyclic) bond motifs is 1. The van der Waals surface area contributed by atoms with Crippen molar-refractivity contribution in [3.63, 3.8) is 0 Å². The van der Waals surface area contributed by atoms with E-state index in [4.69, 9.17) is 4.98 Å². The van der Waals surface area contributed by atoms with Crippen molar-refractivity contribution in [1.82, 2.24) is 15.0 Å². The van der Waals surface area contributed by atoms with Gasteiger partial charge in [-0.1, -0.05) is 66.7 Å². The van der Waals surface area contributed by atoms with E-state index in [-0.39, 0.29) is 0 Å². The summed E-state index contributed by atoms with van der Waals surface area (Å²) < 4.78 is 0. The van der Waals surface area contributed by atoms with Crippen molar-refractivity contribution in [2.24, 2.45) is 0 Å². The molecule has 29 heavy (non-hydrogen) atoms. The van der Waals surface area contributed by atoms with Crippen molar-refractivity contribution in [3.8, 4) is 11.3 Å². The Balaban J connectivity index is 1.67. The van der Waals surface area contributed by atoms with Crippen LogP contribution >= 0.6 is 0 Å². The molecule has 0 radical (unpaired) electrons. The normalized spacial score (nSPS) is 12.6. The highest BCUT2D eigenvalue weighted by atomic mass is 14.7. The molecule has 0 unspecified atom stereocenters. The predicted molar refractivity (Wildman–Crippen MR) is 119 cm³/mol. The summed E-state index contributed by atoms with van der Waals surface area (Å²) in [5, 5.41) is 4.43.